The highest BCUT2D eigenvalue weighted by atomic mass is 16.6. The van der Waals surface area contributed by atoms with Gasteiger partial charge in [0, 0.05) is 5.92 Å². The first-order valence-electron chi connectivity index (χ1n) is 8.59. The summed E-state index contributed by atoms with van der Waals surface area (Å²) in [4.78, 5) is 12.6. The molecule has 0 unspecified atom stereocenters. The van der Waals surface area contributed by atoms with Crippen molar-refractivity contribution in [2.24, 2.45) is 11.8 Å². The van der Waals surface area contributed by atoms with Crippen LogP contribution in [0.1, 0.15) is 23.3 Å². The van der Waals surface area contributed by atoms with Gasteiger partial charge in [-0.25, -0.2) is 0 Å². The monoisotopic (exact) mass is 372 g/mol. The van der Waals surface area contributed by atoms with E-state index >= 15 is 0 Å². The lowest BCUT2D eigenvalue weighted by Crippen LogP contribution is -2.17. The van der Waals surface area contributed by atoms with Crippen LogP contribution < -0.4 is 9.47 Å². The Kier molecular flexibility index (Phi) is 4.31. The van der Waals surface area contributed by atoms with Gasteiger partial charge in [0.1, 0.15) is 6.10 Å². The minimum atomic E-state index is -0.471. The van der Waals surface area contributed by atoms with Crippen LogP contribution in [0.3, 0.4) is 0 Å². The van der Waals surface area contributed by atoms with Gasteiger partial charge in [-0.2, -0.15) is 0 Å². The van der Waals surface area contributed by atoms with E-state index in [4.69, 9.17) is 18.9 Å². The van der Waals surface area contributed by atoms with E-state index < -0.39 is 18.1 Å². The van der Waals surface area contributed by atoms with Crippen molar-refractivity contribution >= 4 is 5.97 Å². The van der Waals surface area contributed by atoms with E-state index in [2.05, 4.69) is 0 Å². The maximum absolute atomic E-state index is 12.6. The molecular weight excluding hydrogens is 352 g/mol. The molecule has 0 aromatic heterocycles. The van der Waals surface area contributed by atoms with Crippen LogP contribution in [0.25, 0.3) is 0 Å². The summed E-state index contributed by atoms with van der Waals surface area (Å²) >= 11 is 0. The molecule has 4 atom stereocenters. The number of phenolic OH excluding ortho intramolecular Hbond substituents is 2. The number of esters is 1. The Morgan fingerprint density at radius 2 is 1.48 bits per heavy atom. The molecule has 2 aromatic carbocycles. The van der Waals surface area contributed by atoms with Gasteiger partial charge in [0.05, 0.1) is 32.8 Å². The van der Waals surface area contributed by atoms with E-state index in [0.717, 1.165) is 11.1 Å². The summed E-state index contributed by atoms with van der Waals surface area (Å²) in [6.07, 6.45) is -0.943. The molecular formula is C20H20O7. The van der Waals surface area contributed by atoms with Gasteiger partial charge in [-0.1, -0.05) is 12.1 Å². The molecule has 0 spiro atoms. The molecule has 7 nitrogen and oxygen atoms in total. The fourth-order valence-electron chi connectivity index (χ4n) is 3.87. The normalized spacial score (nSPS) is 26.5. The SMILES string of the molecule is COc1cc([C@H]2OC(=O)[C@@H]3[C@H]2CO[C@H]3c2ccc(O)c(OC)c2)ccc1O. The molecule has 0 radical (unpaired) electrons. The van der Waals surface area contributed by atoms with Gasteiger partial charge in [0.15, 0.2) is 23.0 Å². The Bertz CT molecular complexity index is 827. The molecule has 0 amide bonds. The topological polar surface area (TPSA) is 94.5 Å². The number of carbonyl (C=O) groups is 1. The van der Waals surface area contributed by atoms with Gasteiger partial charge >= 0.3 is 5.97 Å². The van der Waals surface area contributed by atoms with Crippen molar-refractivity contribution in [3.8, 4) is 23.0 Å². The molecule has 2 fully saturated rings. The third kappa shape index (κ3) is 2.84. The molecule has 2 aliphatic rings. The largest absolute Gasteiger partial charge is 0.504 e. The Morgan fingerprint density at radius 3 is 2.04 bits per heavy atom. The summed E-state index contributed by atoms with van der Waals surface area (Å²) in [6.45, 7) is 0.359. The minimum absolute atomic E-state index is 0.0267. The first-order valence-corrected chi connectivity index (χ1v) is 8.59. The van der Waals surface area contributed by atoms with E-state index in [0.29, 0.717) is 18.1 Å². The van der Waals surface area contributed by atoms with Crippen molar-refractivity contribution in [3.63, 3.8) is 0 Å². The highest BCUT2D eigenvalue weighted by Crippen LogP contribution is 2.52. The maximum atomic E-state index is 12.6. The first-order chi connectivity index (χ1) is 13.0. The number of carbonyl (C=O) groups excluding carboxylic acids is 1. The summed E-state index contributed by atoms with van der Waals surface area (Å²) in [5.41, 5.74) is 1.50. The minimum Gasteiger partial charge on any atom is -0.504 e. The predicted octanol–water partition coefficient (Wildman–Crippen LogP) is 2.72. The van der Waals surface area contributed by atoms with Gasteiger partial charge in [-0.05, 0) is 35.4 Å². The number of phenols is 2. The smallest absolute Gasteiger partial charge is 0.313 e. The van der Waals surface area contributed by atoms with Crippen molar-refractivity contribution in [3.05, 3.63) is 47.5 Å². The van der Waals surface area contributed by atoms with Gasteiger partial charge in [0.2, 0.25) is 0 Å². The number of benzene rings is 2. The van der Waals surface area contributed by atoms with Gasteiger partial charge < -0.3 is 29.2 Å². The van der Waals surface area contributed by atoms with Crippen LogP contribution >= 0.6 is 0 Å². The molecule has 7 heteroatoms. The molecule has 2 saturated heterocycles. The van der Waals surface area contributed by atoms with Crippen LogP contribution in [0.2, 0.25) is 0 Å². The van der Waals surface area contributed by atoms with E-state index in [9.17, 15) is 15.0 Å². The second-order valence-corrected chi connectivity index (χ2v) is 6.66. The molecule has 2 N–H and O–H groups in total. The van der Waals surface area contributed by atoms with Gasteiger partial charge in [-0.3, -0.25) is 4.79 Å². The van der Waals surface area contributed by atoms with Crippen LogP contribution in [-0.4, -0.2) is 37.0 Å². The average Bonchev–Trinajstić information content (AvgIpc) is 3.24. The Morgan fingerprint density at radius 1 is 0.926 bits per heavy atom. The van der Waals surface area contributed by atoms with Crippen molar-refractivity contribution in [2.75, 3.05) is 20.8 Å². The Labute approximate surface area is 156 Å². The average molecular weight is 372 g/mol. The van der Waals surface area contributed by atoms with Crippen LogP contribution in [0.4, 0.5) is 0 Å². The quantitative estimate of drug-likeness (QED) is 0.797. The van der Waals surface area contributed by atoms with Crippen LogP contribution in [0.5, 0.6) is 23.0 Å². The van der Waals surface area contributed by atoms with Crippen LogP contribution in [0, 0.1) is 11.8 Å². The molecule has 2 aliphatic heterocycles. The highest BCUT2D eigenvalue weighted by molar-refractivity contribution is 5.77. The molecule has 0 saturated carbocycles. The van der Waals surface area contributed by atoms with E-state index in [1.54, 1.807) is 24.3 Å². The van der Waals surface area contributed by atoms with Crippen molar-refractivity contribution < 1.29 is 34.0 Å². The number of ether oxygens (including phenoxy) is 4. The lowest BCUT2D eigenvalue weighted by molar-refractivity contribution is -0.148. The summed E-state index contributed by atoms with van der Waals surface area (Å²) in [7, 11) is 2.93. The van der Waals surface area contributed by atoms with Crippen LogP contribution in [-0.2, 0) is 14.3 Å². The third-order valence-corrected chi connectivity index (χ3v) is 5.22. The fourth-order valence-corrected chi connectivity index (χ4v) is 3.87. The first kappa shape index (κ1) is 17.5. The zero-order chi connectivity index (χ0) is 19.1. The third-order valence-electron chi connectivity index (χ3n) is 5.22. The van der Waals surface area contributed by atoms with Crippen molar-refractivity contribution in [2.45, 2.75) is 12.2 Å². The Balaban J connectivity index is 1.64. The number of aromatic hydroxyl groups is 2. The molecule has 142 valence electrons. The Hall–Kier alpha value is -2.93. The summed E-state index contributed by atoms with van der Waals surface area (Å²) in [5, 5.41) is 19.6. The van der Waals surface area contributed by atoms with Crippen molar-refractivity contribution in [1.82, 2.24) is 0 Å². The van der Waals surface area contributed by atoms with Crippen LogP contribution in [0.15, 0.2) is 36.4 Å². The van der Waals surface area contributed by atoms with Gasteiger partial charge in [0.25, 0.3) is 0 Å². The standard InChI is InChI=1S/C20H20O7/c1-24-15-7-10(3-5-13(15)21)18-12-9-26-19(17(12)20(23)27-18)11-4-6-14(22)16(8-11)25-2/h3-8,12,17-19,21-22H,9H2,1-2H3/t12-,17-,18-,19+/m1/s1. The number of methoxy groups -OCH3 is 2. The summed E-state index contributed by atoms with van der Waals surface area (Å²) < 4.78 is 21.9. The molecule has 0 bridgehead atoms. The zero-order valence-corrected chi connectivity index (χ0v) is 14.9. The highest BCUT2D eigenvalue weighted by Gasteiger charge is 2.54. The maximum Gasteiger partial charge on any atom is 0.313 e. The number of hydrogen-bond donors (Lipinski definition) is 2. The van der Waals surface area contributed by atoms with E-state index in [1.807, 2.05) is 0 Å². The predicted molar refractivity (Wildman–Crippen MR) is 93.8 cm³/mol. The van der Waals surface area contributed by atoms with E-state index in [1.165, 1.54) is 26.4 Å². The number of cyclic esters (lactones) is 1. The summed E-state index contributed by atoms with van der Waals surface area (Å²) in [6, 6.07) is 9.82. The molecule has 4 rings (SSSR count). The molecule has 2 heterocycles. The number of hydrogen-bond acceptors (Lipinski definition) is 7. The number of rotatable bonds is 4. The van der Waals surface area contributed by atoms with E-state index in [-0.39, 0.29) is 23.4 Å². The molecule has 0 aliphatic carbocycles. The summed E-state index contributed by atoms with van der Waals surface area (Å²) in [5.74, 6) is -0.235. The molecule has 2 aromatic rings. The molecule has 27 heavy (non-hydrogen) atoms. The van der Waals surface area contributed by atoms with Crippen molar-refractivity contribution in [1.29, 1.82) is 0 Å². The lowest BCUT2D eigenvalue weighted by Gasteiger charge is -2.16. The lowest BCUT2D eigenvalue weighted by atomic mass is 9.84. The second-order valence-electron chi connectivity index (χ2n) is 6.66. The number of fused-ring (bicyclic) bond motifs is 1. The zero-order valence-electron chi connectivity index (χ0n) is 14.9. The van der Waals surface area contributed by atoms with Gasteiger partial charge in [-0.15, -0.1) is 0 Å². The fraction of sp³-hybridized carbons (Fsp3) is 0.350. The second kappa shape index (κ2) is 6.66.